The van der Waals surface area contributed by atoms with E-state index in [1.807, 2.05) is 6.92 Å². The van der Waals surface area contributed by atoms with Crippen LogP contribution in [-0.2, 0) is 12.6 Å². The van der Waals surface area contributed by atoms with E-state index in [1.54, 1.807) is 13.2 Å². The molecule has 1 aromatic heterocycles. The van der Waals surface area contributed by atoms with Crippen molar-refractivity contribution in [2.75, 3.05) is 0 Å². The third-order valence-corrected chi connectivity index (χ3v) is 3.31. The van der Waals surface area contributed by atoms with Crippen molar-refractivity contribution in [1.82, 2.24) is 15.0 Å². The quantitative estimate of drug-likeness (QED) is 0.768. The minimum absolute atomic E-state index is 0.237. The van der Waals surface area contributed by atoms with E-state index in [0.717, 1.165) is 6.42 Å². The molecule has 1 saturated carbocycles. The standard InChI is InChI=1S/C10H17N3O/c1-9(2)5-7(9)10(3,14)8-6-11-13(4)12-8/h6-7,14H,5H2,1-4H3. The summed E-state index contributed by atoms with van der Waals surface area (Å²) >= 11 is 0. The molecule has 0 amide bonds. The molecule has 2 rings (SSSR count). The maximum Gasteiger partial charge on any atom is 0.114 e. The van der Waals surface area contributed by atoms with Gasteiger partial charge in [-0.2, -0.15) is 15.0 Å². The number of nitrogens with zero attached hydrogens (tertiary/aromatic N) is 3. The molecular formula is C10H17N3O. The smallest absolute Gasteiger partial charge is 0.114 e. The van der Waals surface area contributed by atoms with Crippen molar-refractivity contribution in [3.63, 3.8) is 0 Å². The Morgan fingerprint density at radius 3 is 2.57 bits per heavy atom. The van der Waals surface area contributed by atoms with Crippen molar-refractivity contribution in [3.05, 3.63) is 11.9 Å². The number of aromatic nitrogens is 3. The van der Waals surface area contributed by atoms with E-state index in [4.69, 9.17) is 0 Å². The maximum absolute atomic E-state index is 10.4. The Balaban J connectivity index is 2.25. The summed E-state index contributed by atoms with van der Waals surface area (Å²) in [6.45, 7) is 6.17. The van der Waals surface area contributed by atoms with Crippen LogP contribution in [0.25, 0.3) is 0 Å². The normalized spacial score (nSPS) is 28.5. The number of aryl methyl sites for hydroxylation is 1. The van der Waals surface area contributed by atoms with E-state index in [9.17, 15) is 5.11 Å². The predicted molar refractivity (Wildman–Crippen MR) is 52.5 cm³/mol. The lowest BCUT2D eigenvalue weighted by Gasteiger charge is -2.22. The molecule has 0 bridgehead atoms. The molecule has 0 saturated heterocycles. The lowest BCUT2D eigenvalue weighted by atomic mass is 9.91. The van der Waals surface area contributed by atoms with Gasteiger partial charge in [-0.05, 0) is 24.7 Å². The highest BCUT2D eigenvalue weighted by Crippen LogP contribution is 2.59. The van der Waals surface area contributed by atoms with Gasteiger partial charge in [0.1, 0.15) is 11.3 Å². The summed E-state index contributed by atoms with van der Waals surface area (Å²) in [5.41, 5.74) is 0.0780. The van der Waals surface area contributed by atoms with Gasteiger partial charge >= 0.3 is 0 Å². The first-order chi connectivity index (χ1) is 6.34. The summed E-state index contributed by atoms with van der Waals surface area (Å²) in [6.07, 6.45) is 2.70. The molecule has 1 aliphatic rings. The van der Waals surface area contributed by atoms with E-state index in [0.29, 0.717) is 11.6 Å². The molecular weight excluding hydrogens is 178 g/mol. The van der Waals surface area contributed by atoms with Crippen LogP contribution in [0.3, 0.4) is 0 Å². The van der Waals surface area contributed by atoms with Crippen molar-refractivity contribution >= 4 is 0 Å². The lowest BCUT2D eigenvalue weighted by molar-refractivity contribution is 0.0161. The monoisotopic (exact) mass is 195 g/mol. The van der Waals surface area contributed by atoms with E-state index < -0.39 is 5.60 Å². The topological polar surface area (TPSA) is 50.9 Å². The van der Waals surface area contributed by atoms with Crippen molar-refractivity contribution in [3.8, 4) is 0 Å². The number of rotatable bonds is 2. The molecule has 0 radical (unpaired) electrons. The first-order valence-electron chi connectivity index (χ1n) is 4.93. The van der Waals surface area contributed by atoms with Gasteiger partial charge in [-0.3, -0.25) is 0 Å². The number of aliphatic hydroxyl groups is 1. The lowest BCUT2D eigenvalue weighted by Crippen LogP contribution is -2.27. The van der Waals surface area contributed by atoms with Crippen molar-refractivity contribution in [2.45, 2.75) is 32.8 Å². The first kappa shape index (κ1) is 9.65. The van der Waals surface area contributed by atoms with E-state index in [-0.39, 0.29) is 5.41 Å². The molecule has 0 aliphatic heterocycles. The SMILES string of the molecule is Cn1ncc(C(C)(O)C2CC2(C)C)n1. The molecule has 2 atom stereocenters. The molecule has 1 aliphatic carbocycles. The second kappa shape index (κ2) is 2.57. The summed E-state index contributed by atoms with van der Waals surface area (Å²) in [5, 5.41) is 18.5. The van der Waals surface area contributed by atoms with Crippen LogP contribution in [0.15, 0.2) is 6.20 Å². The Kier molecular flexibility index (Phi) is 1.77. The molecule has 1 N–H and O–H groups in total. The minimum Gasteiger partial charge on any atom is -0.383 e. The number of hydrogen-bond donors (Lipinski definition) is 1. The fraction of sp³-hybridized carbons (Fsp3) is 0.800. The van der Waals surface area contributed by atoms with Crippen molar-refractivity contribution in [1.29, 1.82) is 0 Å². The number of hydrogen-bond acceptors (Lipinski definition) is 3. The van der Waals surface area contributed by atoms with Crippen molar-refractivity contribution in [2.24, 2.45) is 18.4 Å². The van der Waals surface area contributed by atoms with Crippen LogP contribution >= 0.6 is 0 Å². The van der Waals surface area contributed by atoms with Gasteiger partial charge in [0.2, 0.25) is 0 Å². The average molecular weight is 195 g/mol. The summed E-state index contributed by atoms with van der Waals surface area (Å²) in [5.74, 6) is 0.298. The Hall–Kier alpha value is -0.900. The molecule has 1 heterocycles. The molecule has 0 spiro atoms. The van der Waals surface area contributed by atoms with Crippen LogP contribution in [0, 0.1) is 11.3 Å². The minimum atomic E-state index is -0.836. The van der Waals surface area contributed by atoms with Gasteiger partial charge in [0.05, 0.1) is 6.20 Å². The molecule has 0 aromatic carbocycles. The Morgan fingerprint density at radius 2 is 2.21 bits per heavy atom. The average Bonchev–Trinajstić information content (AvgIpc) is 2.52. The second-order valence-corrected chi connectivity index (χ2v) is 5.11. The molecule has 14 heavy (non-hydrogen) atoms. The van der Waals surface area contributed by atoms with Gasteiger partial charge in [0, 0.05) is 7.05 Å². The highest BCUT2D eigenvalue weighted by Gasteiger charge is 2.57. The molecule has 4 heteroatoms. The van der Waals surface area contributed by atoms with Gasteiger partial charge in [0.15, 0.2) is 0 Å². The zero-order valence-electron chi connectivity index (χ0n) is 9.15. The fourth-order valence-electron chi connectivity index (χ4n) is 2.18. The van der Waals surface area contributed by atoms with E-state index in [1.165, 1.54) is 4.80 Å². The predicted octanol–water partition coefficient (Wildman–Crippen LogP) is 1.07. The van der Waals surface area contributed by atoms with Gasteiger partial charge in [-0.25, -0.2) is 0 Å². The van der Waals surface area contributed by atoms with Crippen molar-refractivity contribution < 1.29 is 5.11 Å². The van der Waals surface area contributed by atoms with Gasteiger partial charge < -0.3 is 5.11 Å². The van der Waals surface area contributed by atoms with Crippen LogP contribution in [0.1, 0.15) is 32.9 Å². The summed E-state index contributed by atoms with van der Waals surface area (Å²) in [4.78, 5) is 1.49. The molecule has 2 unspecified atom stereocenters. The summed E-state index contributed by atoms with van der Waals surface area (Å²) < 4.78 is 0. The Morgan fingerprint density at radius 1 is 1.64 bits per heavy atom. The first-order valence-corrected chi connectivity index (χ1v) is 4.93. The summed E-state index contributed by atoms with van der Waals surface area (Å²) in [7, 11) is 1.76. The molecule has 78 valence electrons. The maximum atomic E-state index is 10.4. The largest absolute Gasteiger partial charge is 0.383 e. The van der Waals surface area contributed by atoms with Crippen LogP contribution in [0.2, 0.25) is 0 Å². The fourth-order valence-corrected chi connectivity index (χ4v) is 2.18. The Labute approximate surface area is 83.9 Å². The Bertz CT molecular complexity index is 354. The van der Waals surface area contributed by atoms with Crippen LogP contribution in [-0.4, -0.2) is 20.1 Å². The summed E-state index contributed by atoms with van der Waals surface area (Å²) in [6, 6.07) is 0. The third-order valence-electron chi connectivity index (χ3n) is 3.31. The van der Waals surface area contributed by atoms with Gasteiger partial charge in [-0.15, -0.1) is 0 Å². The van der Waals surface area contributed by atoms with Gasteiger partial charge in [-0.1, -0.05) is 13.8 Å². The molecule has 1 fully saturated rings. The zero-order valence-corrected chi connectivity index (χ0v) is 9.15. The highest BCUT2D eigenvalue weighted by atomic mass is 16.3. The van der Waals surface area contributed by atoms with E-state index in [2.05, 4.69) is 24.0 Å². The van der Waals surface area contributed by atoms with Crippen LogP contribution in [0.5, 0.6) is 0 Å². The highest BCUT2D eigenvalue weighted by molar-refractivity contribution is 5.15. The molecule has 4 nitrogen and oxygen atoms in total. The zero-order chi connectivity index (χ0) is 10.6. The molecule has 1 aromatic rings. The van der Waals surface area contributed by atoms with Crippen LogP contribution < -0.4 is 0 Å². The van der Waals surface area contributed by atoms with Crippen LogP contribution in [0.4, 0.5) is 0 Å². The van der Waals surface area contributed by atoms with E-state index >= 15 is 0 Å². The van der Waals surface area contributed by atoms with Gasteiger partial charge in [0.25, 0.3) is 0 Å². The second-order valence-electron chi connectivity index (χ2n) is 5.11. The third kappa shape index (κ3) is 1.34.